The Bertz CT molecular complexity index is 534. The molecule has 0 aliphatic carbocycles. The number of hydrogen-bond acceptors (Lipinski definition) is 2. The minimum Gasteiger partial charge on any atom is -0.461 e. The Morgan fingerprint density at radius 2 is 2.17 bits per heavy atom. The van der Waals surface area contributed by atoms with Gasteiger partial charge in [-0.25, -0.2) is 0 Å². The molecular formula is C15H20ClNO. The average molecular weight is 266 g/mol. The fraction of sp³-hybridized carbons (Fsp3) is 0.467. The summed E-state index contributed by atoms with van der Waals surface area (Å²) in [5.41, 5.74) is 2.49. The maximum atomic E-state index is 5.88. The van der Waals surface area contributed by atoms with Crippen LogP contribution in [0.4, 0.5) is 0 Å². The topological polar surface area (TPSA) is 25.2 Å². The first-order valence-corrected chi connectivity index (χ1v) is 6.45. The number of para-hydroxylation sites is 1. The number of nitrogens with one attached hydrogen (secondary N) is 1. The lowest BCUT2D eigenvalue weighted by Gasteiger charge is -2.29. The Morgan fingerprint density at radius 3 is 2.94 bits per heavy atom. The zero-order valence-corrected chi connectivity index (χ0v) is 11.7. The van der Waals surface area contributed by atoms with E-state index in [4.69, 9.17) is 4.42 Å². The van der Waals surface area contributed by atoms with Crippen molar-refractivity contribution in [2.24, 2.45) is 5.92 Å². The number of fused-ring (bicyclic) bond motifs is 1. The van der Waals surface area contributed by atoms with Gasteiger partial charge in [-0.2, -0.15) is 0 Å². The van der Waals surface area contributed by atoms with E-state index in [1.165, 1.54) is 17.4 Å². The van der Waals surface area contributed by atoms with E-state index < -0.39 is 0 Å². The normalized spacial score (nSPS) is 23.9. The quantitative estimate of drug-likeness (QED) is 0.847. The lowest BCUT2D eigenvalue weighted by molar-refractivity contribution is 0.348. The number of furan rings is 1. The second-order valence-corrected chi connectivity index (χ2v) is 5.20. The Kier molecular flexibility index (Phi) is 3.98. The number of piperidine rings is 1. The predicted octanol–water partition coefficient (Wildman–Crippen LogP) is 3.88. The first-order chi connectivity index (χ1) is 8.25. The average Bonchev–Trinajstić information content (AvgIpc) is 2.70. The van der Waals surface area contributed by atoms with Crippen LogP contribution in [0.2, 0.25) is 0 Å². The number of benzene rings is 1. The van der Waals surface area contributed by atoms with Gasteiger partial charge in [-0.3, -0.25) is 0 Å². The fourth-order valence-corrected chi connectivity index (χ4v) is 2.98. The first-order valence-electron chi connectivity index (χ1n) is 6.45. The number of aryl methyl sites for hydroxylation is 1. The molecule has 0 unspecified atom stereocenters. The molecule has 0 amide bonds. The van der Waals surface area contributed by atoms with Crippen LogP contribution in [0.15, 0.2) is 28.7 Å². The van der Waals surface area contributed by atoms with E-state index in [2.05, 4.69) is 36.5 Å². The molecule has 0 radical (unpaired) electrons. The molecule has 1 aromatic heterocycles. The van der Waals surface area contributed by atoms with Crippen molar-refractivity contribution in [3.05, 3.63) is 35.6 Å². The van der Waals surface area contributed by atoms with Gasteiger partial charge in [0.15, 0.2) is 0 Å². The van der Waals surface area contributed by atoms with Gasteiger partial charge in [-0.15, -0.1) is 12.4 Å². The first kappa shape index (κ1) is 13.4. The Morgan fingerprint density at radius 1 is 1.33 bits per heavy atom. The lowest BCUT2D eigenvalue weighted by Crippen LogP contribution is -2.33. The third-order valence-electron chi connectivity index (χ3n) is 3.88. The van der Waals surface area contributed by atoms with Gasteiger partial charge < -0.3 is 9.73 Å². The summed E-state index contributed by atoms with van der Waals surface area (Å²) in [5, 5.41) is 4.70. The molecule has 2 atom stereocenters. The van der Waals surface area contributed by atoms with Crippen LogP contribution in [0.25, 0.3) is 11.0 Å². The lowest BCUT2D eigenvalue weighted by atomic mass is 9.82. The molecule has 0 saturated carbocycles. The standard InChI is InChI=1S/C15H19NO.ClH/c1-10-9-16-7-6-13(10)14-5-3-4-12-8-11(2)17-15(12)14;/h3-5,8,10,13,16H,6-7,9H2,1-2H3;1H/t10-,13+;/m1./s1. The van der Waals surface area contributed by atoms with E-state index in [1.54, 1.807) is 0 Å². The van der Waals surface area contributed by atoms with Crippen LogP contribution in [-0.4, -0.2) is 13.1 Å². The van der Waals surface area contributed by atoms with Crippen LogP contribution in [0, 0.1) is 12.8 Å². The van der Waals surface area contributed by atoms with E-state index in [0.717, 1.165) is 24.4 Å². The van der Waals surface area contributed by atoms with Gasteiger partial charge in [0.25, 0.3) is 0 Å². The molecule has 1 N–H and O–H groups in total. The van der Waals surface area contributed by atoms with E-state index in [1.807, 2.05) is 6.92 Å². The van der Waals surface area contributed by atoms with Crippen LogP contribution in [-0.2, 0) is 0 Å². The van der Waals surface area contributed by atoms with Crippen molar-refractivity contribution < 1.29 is 4.42 Å². The molecule has 3 heteroatoms. The van der Waals surface area contributed by atoms with Crippen molar-refractivity contribution in [3.8, 4) is 0 Å². The van der Waals surface area contributed by atoms with Crippen LogP contribution in [0.3, 0.4) is 0 Å². The smallest absolute Gasteiger partial charge is 0.137 e. The largest absolute Gasteiger partial charge is 0.461 e. The summed E-state index contributed by atoms with van der Waals surface area (Å²) in [7, 11) is 0. The number of hydrogen-bond donors (Lipinski definition) is 1. The zero-order chi connectivity index (χ0) is 11.8. The maximum Gasteiger partial charge on any atom is 0.137 e. The molecule has 1 fully saturated rings. The minimum atomic E-state index is 0. The molecule has 0 spiro atoms. The van der Waals surface area contributed by atoms with Crippen molar-refractivity contribution in [1.82, 2.24) is 5.32 Å². The van der Waals surface area contributed by atoms with E-state index >= 15 is 0 Å². The van der Waals surface area contributed by atoms with Crippen molar-refractivity contribution in [1.29, 1.82) is 0 Å². The number of rotatable bonds is 1. The molecule has 1 aliphatic heterocycles. The summed E-state index contributed by atoms with van der Waals surface area (Å²) in [6.45, 7) is 6.58. The van der Waals surface area contributed by atoms with Gasteiger partial charge in [-0.1, -0.05) is 25.1 Å². The molecule has 3 rings (SSSR count). The van der Waals surface area contributed by atoms with Gasteiger partial charge in [0, 0.05) is 5.39 Å². The monoisotopic (exact) mass is 265 g/mol. The third-order valence-corrected chi connectivity index (χ3v) is 3.88. The zero-order valence-electron chi connectivity index (χ0n) is 10.9. The summed E-state index contributed by atoms with van der Waals surface area (Å²) in [6.07, 6.45) is 1.21. The van der Waals surface area contributed by atoms with E-state index in [-0.39, 0.29) is 12.4 Å². The highest BCUT2D eigenvalue weighted by molar-refractivity contribution is 5.85. The molecule has 98 valence electrons. The molecule has 2 aromatic rings. The molecule has 1 aromatic carbocycles. The number of halogens is 1. The molecule has 0 bridgehead atoms. The van der Waals surface area contributed by atoms with Crippen LogP contribution >= 0.6 is 12.4 Å². The summed E-state index contributed by atoms with van der Waals surface area (Å²) in [6, 6.07) is 8.66. The van der Waals surface area contributed by atoms with Crippen molar-refractivity contribution in [3.63, 3.8) is 0 Å². The Hall–Kier alpha value is -0.990. The maximum absolute atomic E-state index is 5.88. The minimum absolute atomic E-state index is 0. The van der Waals surface area contributed by atoms with E-state index in [9.17, 15) is 0 Å². The van der Waals surface area contributed by atoms with Crippen molar-refractivity contribution in [2.45, 2.75) is 26.2 Å². The van der Waals surface area contributed by atoms with E-state index in [0.29, 0.717) is 11.8 Å². The highest BCUT2D eigenvalue weighted by Gasteiger charge is 2.25. The molecular weight excluding hydrogens is 246 g/mol. The van der Waals surface area contributed by atoms with Gasteiger partial charge in [0.1, 0.15) is 11.3 Å². The Labute approximate surface area is 114 Å². The molecule has 18 heavy (non-hydrogen) atoms. The highest BCUT2D eigenvalue weighted by Crippen LogP contribution is 2.35. The van der Waals surface area contributed by atoms with Gasteiger partial charge >= 0.3 is 0 Å². The van der Waals surface area contributed by atoms with Crippen LogP contribution < -0.4 is 5.32 Å². The predicted molar refractivity (Wildman–Crippen MR) is 77.6 cm³/mol. The van der Waals surface area contributed by atoms with Gasteiger partial charge in [0.2, 0.25) is 0 Å². The summed E-state index contributed by atoms with van der Waals surface area (Å²) < 4.78 is 5.88. The Balaban J connectivity index is 0.00000120. The second kappa shape index (κ2) is 5.33. The summed E-state index contributed by atoms with van der Waals surface area (Å²) in [4.78, 5) is 0. The van der Waals surface area contributed by atoms with Crippen molar-refractivity contribution in [2.75, 3.05) is 13.1 Å². The third kappa shape index (κ3) is 2.27. The van der Waals surface area contributed by atoms with Gasteiger partial charge in [-0.05, 0) is 49.9 Å². The molecule has 1 saturated heterocycles. The van der Waals surface area contributed by atoms with Crippen LogP contribution in [0.1, 0.15) is 30.6 Å². The summed E-state index contributed by atoms with van der Waals surface area (Å²) in [5.74, 6) is 2.32. The molecule has 2 heterocycles. The molecule has 2 nitrogen and oxygen atoms in total. The highest BCUT2D eigenvalue weighted by atomic mass is 35.5. The summed E-state index contributed by atoms with van der Waals surface area (Å²) >= 11 is 0. The SMILES string of the molecule is Cc1cc2cccc([C@H]3CCNC[C@H]3C)c2o1.Cl. The molecule has 1 aliphatic rings. The van der Waals surface area contributed by atoms with Gasteiger partial charge in [0.05, 0.1) is 0 Å². The fourth-order valence-electron chi connectivity index (χ4n) is 2.98. The van der Waals surface area contributed by atoms with Crippen LogP contribution in [0.5, 0.6) is 0 Å². The van der Waals surface area contributed by atoms with Crippen molar-refractivity contribution >= 4 is 23.4 Å². The second-order valence-electron chi connectivity index (χ2n) is 5.20.